The monoisotopic (exact) mass is 539 g/mol. The maximum Gasteiger partial charge on any atom is 0.248 e. The van der Waals surface area contributed by atoms with Gasteiger partial charge in [0.15, 0.2) is 0 Å². The number of aryl methyl sites for hydroxylation is 1. The van der Waals surface area contributed by atoms with Gasteiger partial charge in [-0.05, 0) is 69.0 Å². The van der Waals surface area contributed by atoms with Crippen molar-refractivity contribution in [2.24, 2.45) is 5.92 Å². The first-order valence-corrected chi connectivity index (χ1v) is 14.1. The number of carbonyl (C=O) groups is 2. The number of carbonyl (C=O) groups excluding carboxylic acids is 2. The Balaban J connectivity index is 1.31. The van der Waals surface area contributed by atoms with Crippen molar-refractivity contribution < 1.29 is 22.4 Å². The largest absolute Gasteiger partial charge is 0.326 e. The molecule has 1 atom stereocenters. The van der Waals surface area contributed by atoms with Crippen LogP contribution in [0.25, 0.3) is 0 Å². The molecule has 2 aliphatic rings. The Kier molecular flexibility index (Phi) is 7.06. The normalized spacial score (nSPS) is 17.9. The minimum Gasteiger partial charge on any atom is -0.326 e. The van der Waals surface area contributed by atoms with E-state index < -0.39 is 21.8 Å². The molecule has 3 aromatic rings. The predicted molar refractivity (Wildman–Crippen MR) is 141 cm³/mol. The summed E-state index contributed by atoms with van der Waals surface area (Å²) in [6.45, 7) is 4.10. The molecule has 0 radical (unpaired) electrons. The average molecular weight is 540 g/mol. The van der Waals surface area contributed by atoms with Crippen molar-refractivity contribution in [1.82, 2.24) is 14.1 Å². The number of hydrogen-bond donors (Lipinski definition) is 1. The van der Waals surface area contributed by atoms with Gasteiger partial charge in [0.05, 0.1) is 17.3 Å². The highest BCUT2D eigenvalue weighted by molar-refractivity contribution is 7.89. The lowest BCUT2D eigenvalue weighted by molar-refractivity contribution is -0.121. The number of hydrogen-bond acceptors (Lipinski definition) is 5. The second kappa shape index (κ2) is 10.3. The lowest BCUT2D eigenvalue weighted by Gasteiger charge is -2.31. The maximum atomic E-state index is 13.7. The number of anilines is 2. The average Bonchev–Trinajstić information content (AvgIpc) is 3.46. The highest BCUT2D eigenvalue weighted by Crippen LogP contribution is 2.30. The van der Waals surface area contributed by atoms with Crippen LogP contribution < -0.4 is 10.2 Å². The zero-order chi connectivity index (χ0) is 27.0. The first-order chi connectivity index (χ1) is 18.1. The molecule has 2 aliphatic heterocycles. The van der Waals surface area contributed by atoms with Crippen molar-refractivity contribution in [2.45, 2.75) is 44.6 Å². The fraction of sp³-hybridized carbons (Fsp3) is 0.370. The molecule has 9 nitrogen and oxygen atoms in total. The fourth-order valence-corrected chi connectivity index (χ4v) is 7.20. The molecule has 2 aromatic carbocycles. The third kappa shape index (κ3) is 4.95. The van der Waals surface area contributed by atoms with Crippen LogP contribution in [0, 0.1) is 25.6 Å². The number of fused-ring (bicyclic) bond motifs is 1. The van der Waals surface area contributed by atoms with E-state index in [2.05, 4.69) is 10.4 Å². The summed E-state index contributed by atoms with van der Waals surface area (Å²) in [5, 5.41) is 7.16. The Hall–Kier alpha value is -3.57. The first-order valence-electron chi connectivity index (χ1n) is 12.6. The van der Waals surface area contributed by atoms with Gasteiger partial charge in [0.2, 0.25) is 21.8 Å². The topological polar surface area (TPSA) is 105 Å². The minimum absolute atomic E-state index is 0.0307. The van der Waals surface area contributed by atoms with Gasteiger partial charge in [0.1, 0.15) is 17.3 Å². The maximum absolute atomic E-state index is 13.7. The van der Waals surface area contributed by atoms with Crippen molar-refractivity contribution in [3.8, 4) is 0 Å². The highest BCUT2D eigenvalue weighted by Gasteiger charge is 2.37. The van der Waals surface area contributed by atoms with Crippen LogP contribution in [-0.2, 0) is 32.6 Å². The number of benzene rings is 2. The third-order valence-electron chi connectivity index (χ3n) is 7.25. The van der Waals surface area contributed by atoms with Crippen LogP contribution in [0.1, 0.15) is 29.8 Å². The smallest absolute Gasteiger partial charge is 0.248 e. The van der Waals surface area contributed by atoms with E-state index in [1.165, 1.54) is 33.3 Å². The highest BCUT2D eigenvalue weighted by atomic mass is 32.2. The first kappa shape index (κ1) is 26.1. The van der Waals surface area contributed by atoms with Crippen LogP contribution in [0.3, 0.4) is 0 Å². The molecule has 0 aliphatic carbocycles. The Labute approximate surface area is 221 Å². The summed E-state index contributed by atoms with van der Waals surface area (Å²) >= 11 is 0. The van der Waals surface area contributed by atoms with E-state index in [9.17, 15) is 22.4 Å². The standard InChI is InChI=1S/C27H30FN5O4S/c1-18-26(19(2)33(30-18)17-25(34)32-15-13-20-6-3-4-8-24(20)32)38(36,37)31-14-5-7-21(16-31)27(35)29-23-11-9-22(28)10-12-23/h3-4,6,8-12,21H,5,7,13-17H2,1-2H3,(H,29,35)/t21-/m0/s1. The van der Waals surface area contributed by atoms with Crippen LogP contribution in [0.2, 0.25) is 0 Å². The number of nitrogens with zero attached hydrogens (tertiary/aromatic N) is 4. The van der Waals surface area contributed by atoms with Crippen LogP contribution in [-0.4, -0.2) is 54.0 Å². The summed E-state index contributed by atoms with van der Waals surface area (Å²) in [6.07, 6.45) is 1.85. The van der Waals surface area contributed by atoms with E-state index in [0.29, 0.717) is 36.5 Å². The van der Waals surface area contributed by atoms with Crippen molar-refractivity contribution in [3.63, 3.8) is 0 Å². The second-order valence-electron chi connectivity index (χ2n) is 9.78. The van der Waals surface area contributed by atoms with E-state index in [-0.39, 0.29) is 36.3 Å². The number of nitrogens with one attached hydrogen (secondary N) is 1. The van der Waals surface area contributed by atoms with Crippen molar-refractivity contribution in [2.75, 3.05) is 29.9 Å². The molecule has 11 heteroatoms. The molecule has 1 saturated heterocycles. The number of para-hydroxylation sites is 1. The van der Waals surface area contributed by atoms with Crippen molar-refractivity contribution >= 4 is 33.2 Å². The summed E-state index contributed by atoms with van der Waals surface area (Å²) in [7, 11) is -3.96. The molecule has 0 bridgehead atoms. The molecule has 0 unspecified atom stereocenters. The quantitative estimate of drug-likeness (QED) is 0.518. The van der Waals surface area contributed by atoms with Gasteiger partial charge in [-0.3, -0.25) is 14.3 Å². The second-order valence-corrected chi connectivity index (χ2v) is 11.7. The van der Waals surface area contributed by atoms with Gasteiger partial charge in [-0.2, -0.15) is 9.40 Å². The molecule has 5 rings (SSSR count). The lowest BCUT2D eigenvalue weighted by Crippen LogP contribution is -2.44. The van der Waals surface area contributed by atoms with E-state index in [1.807, 2.05) is 24.3 Å². The van der Waals surface area contributed by atoms with Crippen LogP contribution >= 0.6 is 0 Å². The van der Waals surface area contributed by atoms with Gasteiger partial charge in [0, 0.05) is 31.0 Å². The zero-order valence-electron chi connectivity index (χ0n) is 21.4. The summed E-state index contributed by atoms with van der Waals surface area (Å²) in [5.41, 5.74) is 3.15. The molecule has 0 saturated carbocycles. The van der Waals surface area contributed by atoms with Gasteiger partial charge in [-0.25, -0.2) is 12.8 Å². The molecule has 0 spiro atoms. The lowest BCUT2D eigenvalue weighted by atomic mass is 9.99. The third-order valence-corrected chi connectivity index (χ3v) is 9.37. The Morgan fingerprint density at radius 1 is 1.08 bits per heavy atom. The molecular weight excluding hydrogens is 509 g/mol. The molecule has 1 N–H and O–H groups in total. The number of aromatic nitrogens is 2. The Morgan fingerprint density at radius 2 is 1.82 bits per heavy atom. The van der Waals surface area contributed by atoms with E-state index in [4.69, 9.17) is 0 Å². The predicted octanol–water partition coefficient (Wildman–Crippen LogP) is 3.27. The zero-order valence-corrected chi connectivity index (χ0v) is 22.2. The molecule has 1 fully saturated rings. The van der Waals surface area contributed by atoms with Gasteiger partial charge in [-0.1, -0.05) is 18.2 Å². The number of rotatable bonds is 6. The van der Waals surface area contributed by atoms with Gasteiger partial charge >= 0.3 is 0 Å². The van der Waals surface area contributed by atoms with Crippen molar-refractivity contribution in [3.05, 3.63) is 71.3 Å². The molecule has 3 heterocycles. The number of piperidine rings is 1. The summed E-state index contributed by atoms with van der Waals surface area (Å²) in [4.78, 5) is 27.8. The summed E-state index contributed by atoms with van der Waals surface area (Å²) in [6, 6.07) is 13.2. The van der Waals surface area contributed by atoms with Gasteiger partial charge in [0.25, 0.3) is 0 Å². The van der Waals surface area contributed by atoms with Crippen LogP contribution in [0.4, 0.5) is 15.8 Å². The van der Waals surface area contributed by atoms with Crippen LogP contribution in [0.5, 0.6) is 0 Å². The molecular formula is C27H30FN5O4S. The fourth-order valence-electron chi connectivity index (χ4n) is 5.30. The minimum atomic E-state index is -3.96. The number of halogens is 1. The number of sulfonamides is 1. The van der Waals surface area contributed by atoms with Crippen LogP contribution in [0.15, 0.2) is 53.4 Å². The van der Waals surface area contributed by atoms with E-state index in [1.54, 1.807) is 18.7 Å². The van der Waals surface area contributed by atoms with Crippen molar-refractivity contribution in [1.29, 1.82) is 0 Å². The van der Waals surface area contributed by atoms with E-state index >= 15 is 0 Å². The summed E-state index contributed by atoms with van der Waals surface area (Å²) in [5.74, 6) is -1.41. The Morgan fingerprint density at radius 3 is 2.58 bits per heavy atom. The molecule has 1 aromatic heterocycles. The summed E-state index contributed by atoms with van der Waals surface area (Å²) < 4.78 is 43.4. The molecule has 2 amide bonds. The van der Waals surface area contributed by atoms with Gasteiger partial charge in [-0.15, -0.1) is 0 Å². The van der Waals surface area contributed by atoms with E-state index in [0.717, 1.165) is 17.7 Å². The molecule has 38 heavy (non-hydrogen) atoms. The Bertz CT molecular complexity index is 1490. The number of amides is 2. The SMILES string of the molecule is Cc1nn(CC(=O)N2CCc3ccccc32)c(C)c1S(=O)(=O)N1CCC[C@H](C(=O)Nc2ccc(F)cc2)C1. The molecule has 200 valence electrons. The van der Waals surface area contributed by atoms with Gasteiger partial charge < -0.3 is 10.2 Å².